The van der Waals surface area contributed by atoms with Gasteiger partial charge in [0.25, 0.3) is 0 Å². The Morgan fingerprint density at radius 3 is 2.26 bits per heavy atom. The molecule has 0 bridgehead atoms. The van der Waals surface area contributed by atoms with Gasteiger partial charge in [-0.2, -0.15) is 0 Å². The van der Waals surface area contributed by atoms with Crippen LogP contribution in [0.3, 0.4) is 0 Å². The maximum atomic E-state index is 12.2. The molecule has 3 rings (SSSR count). The molecule has 0 radical (unpaired) electrons. The van der Waals surface area contributed by atoms with Crippen LogP contribution < -0.4 is 25.6 Å². The number of nitrogens with one attached hydrogen (secondary N) is 3. The van der Waals surface area contributed by atoms with Crippen LogP contribution in [-0.4, -0.2) is 38.1 Å². The zero-order chi connectivity index (χ0) is 22.2. The second-order valence-corrected chi connectivity index (χ2v) is 7.80. The van der Waals surface area contributed by atoms with E-state index in [9.17, 15) is 9.59 Å². The predicted octanol–water partition coefficient (Wildman–Crippen LogP) is 4.43. The molecule has 0 fully saturated rings. The summed E-state index contributed by atoms with van der Waals surface area (Å²) in [6, 6.07) is 14.3. The third kappa shape index (κ3) is 6.71. The van der Waals surface area contributed by atoms with Gasteiger partial charge in [-0.1, -0.05) is 0 Å². The lowest BCUT2D eigenvalue weighted by Crippen LogP contribution is -2.19. The topological polar surface area (TPSA) is 95.6 Å². The Balaban J connectivity index is 1.44. The summed E-state index contributed by atoms with van der Waals surface area (Å²) >= 11 is 1.32. The quantitative estimate of drug-likeness (QED) is 0.482. The van der Waals surface area contributed by atoms with Crippen molar-refractivity contribution in [2.24, 2.45) is 0 Å². The van der Waals surface area contributed by atoms with Crippen LogP contribution in [0.25, 0.3) is 0 Å². The molecule has 0 saturated carbocycles. The summed E-state index contributed by atoms with van der Waals surface area (Å²) in [5, 5.41) is 10.6. The summed E-state index contributed by atoms with van der Waals surface area (Å²) in [4.78, 5) is 30.7. The smallest absolute Gasteiger partial charge is 0.325 e. The van der Waals surface area contributed by atoms with Crippen LogP contribution in [0.15, 0.2) is 53.9 Å². The Hall–Kier alpha value is -3.59. The molecular weight excluding hydrogens is 414 g/mol. The second kappa shape index (κ2) is 10.4. The Morgan fingerprint density at radius 2 is 1.61 bits per heavy atom. The maximum absolute atomic E-state index is 12.2. The first kappa shape index (κ1) is 22.1. The van der Waals surface area contributed by atoms with Crippen LogP contribution in [0.5, 0.6) is 5.75 Å². The monoisotopic (exact) mass is 439 g/mol. The summed E-state index contributed by atoms with van der Waals surface area (Å²) < 4.78 is 5.09. The van der Waals surface area contributed by atoms with E-state index in [2.05, 4.69) is 20.9 Å². The van der Waals surface area contributed by atoms with Gasteiger partial charge in [-0.05, 0) is 55.0 Å². The van der Waals surface area contributed by atoms with Gasteiger partial charge in [-0.25, -0.2) is 9.78 Å². The Kier molecular flexibility index (Phi) is 7.45. The molecule has 0 atom stereocenters. The van der Waals surface area contributed by atoms with E-state index in [4.69, 9.17) is 4.74 Å². The largest absolute Gasteiger partial charge is 0.497 e. The zero-order valence-corrected chi connectivity index (χ0v) is 18.5. The lowest BCUT2D eigenvalue weighted by Gasteiger charge is -2.13. The number of rotatable bonds is 8. The van der Waals surface area contributed by atoms with E-state index in [1.165, 1.54) is 11.3 Å². The van der Waals surface area contributed by atoms with Crippen LogP contribution >= 0.6 is 11.3 Å². The van der Waals surface area contributed by atoms with E-state index >= 15 is 0 Å². The molecule has 31 heavy (non-hydrogen) atoms. The van der Waals surface area contributed by atoms with Crippen LogP contribution in [0.1, 0.15) is 12.1 Å². The number of urea groups is 1. The van der Waals surface area contributed by atoms with Crippen LogP contribution in [-0.2, 0) is 11.2 Å². The average Bonchev–Trinajstić information content (AvgIpc) is 3.20. The van der Waals surface area contributed by atoms with E-state index in [0.29, 0.717) is 29.4 Å². The van der Waals surface area contributed by atoms with E-state index in [0.717, 1.165) is 17.1 Å². The first-order valence-corrected chi connectivity index (χ1v) is 10.5. The number of methoxy groups -OCH3 is 1. The van der Waals surface area contributed by atoms with Crippen molar-refractivity contribution in [3.8, 4) is 5.75 Å². The Labute approximate surface area is 185 Å². The van der Waals surface area contributed by atoms with Gasteiger partial charge in [0, 0.05) is 43.0 Å². The standard InChI is InChI=1S/C22H25N5O3S/c1-27(2)18-9-4-15(5-10-18)23-20(28)13-8-17-14-31-22(25-17)26-21(29)24-16-6-11-19(30-3)12-7-16/h4-7,9-12,14H,8,13H2,1-3H3,(H,23,28)(H2,24,25,26,29). The van der Waals surface area contributed by atoms with Crippen molar-refractivity contribution in [2.45, 2.75) is 12.8 Å². The van der Waals surface area contributed by atoms with Crippen LogP contribution in [0.2, 0.25) is 0 Å². The number of anilines is 4. The minimum absolute atomic E-state index is 0.0858. The highest BCUT2D eigenvalue weighted by molar-refractivity contribution is 7.13. The molecule has 0 saturated heterocycles. The van der Waals surface area contributed by atoms with Crippen molar-refractivity contribution in [3.05, 3.63) is 59.6 Å². The molecule has 3 aromatic rings. The normalized spacial score (nSPS) is 10.3. The van der Waals surface area contributed by atoms with Crippen molar-refractivity contribution in [2.75, 3.05) is 42.1 Å². The van der Waals surface area contributed by atoms with Gasteiger partial charge in [0.15, 0.2) is 5.13 Å². The Morgan fingerprint density at radius 1 is 0.968 bits per heavy atom. The highest BCUT2D eigenvalue weighted by Crippen LogP contribution is 2.19. The van der Waals surface area contributed by atoms with Crippen molar-refractivity contribution in [1.29, 1.82) is 0 Å². The molecule has 3 N–H and O–H groups in total. The fraction of sp³-hybridized carbons (Fsp3) is 0.227. The molecule has 8 nitrogen and oxygen atoms in total. The number of carbonyl (C=O) groups excluding carboxylic acids is 2. The third-order valence-electron chi connectivity index (χ3n) is 4.40. The van der Waals surface area contributed by atoms with Crippen LogP contribution in [0, 0.1) is 0 Å². The number of thiazole rings is 1. The highest BCUT2D eigenvalue weighted by Gasteiger charge is 2.09. The van der Waals surface area contributed by atoms with Crippen molar-refractivity contribution in [3.63, 3.8) is 0 Å². The van der Waals surface area contributed by atoms with E-state index < -0.39 is 0 Å². The first-order chi connectivity index (χ1) is 14.9. The molecular formula is C22H25N5O3S. The number of aryl methyl sites for hydroxylation is 1. The van der Waals surface area contributed by atoms with Crippen molar-refractivity contribution in [1.82, 2.24) is 4.98 Å². The maximum Gasteiger partial charge on any atom is 0.325 e. The molecule has 0 aliphatic rings. The molecule has 3 amide bonds. The molecule has 162 valence electrons. The van der Waals surface area contributed by atoms with Gasteiger partial charge >= 0.3 is 6.03 Å². The number of amides is 3. The summed E-state index contributed by atoms with van der Waals surface area (Å²) in [7, 11) is 5.52. The summed E-state index contributed by atoms with van der Waals surface area (Å²) in [5.41, 5.74) is 3.22. The molecule has 0 aliphatic heterocycles. The minimum atomic E-state index is -0.384. The highest BCUT2D eigenvalue weighted by atomic mass is 32.1. The van der Waals surface area contributed by atoms with Gasteiger partial charge in [0.1, 0.15) is 5.75 Å². The molecule has 9 heteroatoms. The summed E-state index contributed by atoms with van der Waals surface area (Å²) in [5.74, 6) is 0.627. The fourth-order valence-corrected chi connectivity index (χ4v) is 3.46. The van der Waals surface area contributed by atoms with E-state index in [-0.39, 0.29) is 11.9 Å². The first-order valence-electron chi connectivity index (χ1n) is 9.66. The molecule has 0 unspecified atom stereocenters. The number of carbonyl (C=O) groups is 2. The lowest BCUT2D eigenvalue weighted by molar-refractivity contribution is -0.116. The molecule has 1 aromatic heterocycles. The third-order valence-corrected chi connectivity index (χ3v) is 5.20. The lowest BCUT2D eigenvalue weighted by atomic mass is 10.2. The SMILES string of the molecule is COc1ccc(NC(=O)Nc2nc(CCC(=O)Nc3ccc(N(C)C)cc3)cs2)cc1. The average molecular weight is 440 g/mol. The fourth-order valence-electron chi connectivity index (χ4n) is 2.72. The number of hydrogen-bond donors (Lipinski definition) is 3. The van der Waals surface area contributed by atoms with Crippen LogP contribution in [0.4, 0.5) is 27.0 Å². The van der Waals surface area contributed by atoms with Gasteiger partial charge in [-0.3, -0.25) is 10.1 Å². The zero-order valence-electron chi connectivity index (χ0n) is 17.6. The molecule has 0 spiro atoms. The number of ether oxygens (including phenoxy) is 1. The second-order valence-electron chi connectivity index (χ2n) is 6.94. The van der Waals surface area contributed by atoms with Gasteiger partial charge < -0.3 is 20.3 Å². The van der Waals surface area contributed by atoms with E-state index in [1.807, 2.05) is 48.6 Å². The van der Waals surface area contributed by atoms with Gasteiger partial charge in [0.05, 0.1) is 12.8 Å². The van der Waals surface area contributed by atoms with Gasteiger partial charge in [0.2, 0.25) is 5.91 Å². The molecule has 0 aliphatic carbocycles. The predicted molar refractivity (Wildman–Crippen MR) is 125 cm³/mol. The summed E-state index contributed by atoms with van der Waals surface area (Å²) in [6.45, 7) is 0. The minimum Gasteiger partial charge on any atom is -0.497 e. The summed E-state index contributed by atoms with van der Waals surface area (Å²) in [6.07, 6.45) is 0.788. The van der Waals surface area contributed by atoms with Crippen molar-refractivity contribution >= 4 is 45.5 Å². The molecule has 2 aromatic carbocycles. The van der Waals surface area contributed by atoms with Crippen molar-refractivity contribution < 1.29 is 14.3 Å². The number of aromatic nitrogens is 1. The van der Waals surface area contributed by atoms with Gasteiger partial charge in [-0.15, -0.1) is 11.3 Å². The number of benzene rings is 2. The number of nitrogens with zero attached hydrogens (tertiary/aromatic N) is 2. The number of hydrogen-bond acceptors (Lipinski definition) is 6. The molecule has 1 heterocycles. The Bertz CT molecular complexity index is 1020. The van der Waals surface area contributed by atoms with E-state index in [1.54, 1.807) is 31.4 Å².